The Morgan fingerprint density at radius 3 is 2.25 bits per heavy atom. The Morgan fingerprint density at radius 2 is 1.58 bits per heavy atom. The first-order valence-electron chi connectivity index (χ1n) is 12.0. The number of nitrogens with zero attached hydrogens (tertiary/aromatic N) is 3. The molecule has 2 aliphatic carbocycles. The fraction of sp³-hybridized carbons (Fsp3) is 0.156. The lowest BCUT2D eigenvalue weighted by Gasteiger charge is -2.14. The van der Waals surface area contributed by atoms with Crippen LogP contribution in [0, 0.1) is 31.0 Å². The number of aryl methyl sites for hydroxylation is 2. The van der Waals surface area contributed by atoms with Crippen molar-refractivity contribution in [3.63, 3.8) is 0 Å². The summed E-state index contributed by atoms with van der Waals surface area (Å²) in [7, 11) is 0. The summed E-state index contributed by atoms with van der Waals surface area (Å²) in [6, 6.07) is 24.9. The monoisotopic (exact) mass is 471 g/mol. The lowest BCUT2D eigenvalue weighted by atomic mass is 9.93. The first kappa shape index (κ1) is 23.4. The molecule has 2 aliphatic rings. The molecule has 1 aromatic carbocycles. The molecule has 4 heteroatoms. The number of benzene rings is 1. The first-order valence-corrected chi connectivity index (χ1v) is 12.0. The molecule has 0 N–H and O–H groups in total. The first-order chi connectivity index (χ1) is 17.4. The van der Waals surface area contributed by atoms with Crippen LogP contribution in [-0.4, -0.2) is 9.97 Å². The molecule has 2 heterocycles. The Hall–Kier alpha value is -4.36. The van der Waals surface area contributed by atoms with Crippen LogP contribution in [0.2, 0.25) is 0 Å². The van der Waals surface area contributed by atoms with E-state index >= 15 is 0 Å². The van der Waals surface area contributed by atoms with E-state index in [1.807, 2.05) is 24.3 Å². The Bertz CT molecular complexity index is 1580. The number of nitriles is 1. The standard InChI is InChI=1S/C32H26FN3/c1-19(2)23-9-8-20(3)31-25(16-23)21(4)15-27(31)32-28(18-34)26(22-10-12-24(33)13-11-22)17-30(36-32)29-7-5-6-14-35-29/h5-17,19H,1-4H3. The molecule has 0 fully saturated rings. The lowest BCUT2D eigenvalue weighted by molar-refractivity contribution is 0.628. The van der Waals surface area contributed by atoms with Gasteiger partial charge in [0.2, 0.25) is 0 Å². The van der Waals surface area contributed by atoms with Crippen molar-refractivity contribution in [2.24, 2.45) is 0 Å². The van der Waals surface area contributed by atoms with Crippen molar-refractivity contribution in [2.75, 3.05) is 0 Å². The molecular weight excluding hydrogens is 445 g/mol. The van der Waals surface area contributed by atoms with E-state index in [0.717, 1.165) is 33.4 Å². The average molecular weight is 472 g/mol. The van der Waals surface area contributed by atoms with Gasteiger partial charge in [0.05, 0.1) is 22.6 Å². The van der Waals surface area contributed by atoms with Crippen LogP contribution < -0.4 is 0 Å². The average Bonchev–Trinajstić information content (AvgIpc) is 3.10. The zero-order valence-corrected chi connectivity index (χ0v) is 20.8. The fourth-order valence-electron chi connectivity index (χ4n) is 4.74. The molecule has 0 unspecified atom stereocenters. The summed E-state index contributed by atoms with van der Waals surface area (Å²) >= 11 is 0. The Labute approximate surface area is 211 Å². The summed E-state index contributed by atoms with van der Waals surface area (Å²) in [5.74, 6) is 0.0707. The lowest BCUT2D eigenvalue weighted by Crippen LogP contribution is -1.98. The van der Waals surface area contributed by atoms with Crippen molar-refractivity contribution >= 4 is 0 Å². The van der Waals surface area contributed by atoms with Crippen molar-refractivity contribution in [1.29, 1.82) is 5.26 Å². The number of hydrogen-bond acceptors (Lipinski definition) is 3. The maximum Gasteiger partial charge on any atom is 0.123 e. The molecule has 0 bridgehead atoms. The number of fused-ring (bicyclic) bond motifs is 1. The highest BCUT2D eigenvalue weighted by Gasteiger charge is 2.24. The molecule has 0 aliphatic heterocycles. The van der Waals surface area contributed by atoms with E-state index in [1.54, 1.807) is 18.3 Å². The summed E-state index contributed by atoms with van der Waals surface area (Å²) in [5, 5.41) is 10.4. The minimum absolute atomic E-state index is 0.321. The number of pyridine rings is 2. The molecule has 3 aromatic rings. The topological polar surface area (TPSA) is 49.6 Å². The van der Waals surface area contributed by atoms with Gasteiger partial charge in [0.25, 0.3) is 0 Å². The van der Waals surface area contributed by atoms with Gasteiger partial charge in [-0.3, -0.25) is 4.98 Å². The largest absolute Gasteiger partial charge is 0.255 e. The molecule has 0 radical (unpaired) electrons. The zero-order valence-electron chi connectivity index (χ0n) is 20.8. The molecule has 5 rings (SSSR count). The maximum atomic E-state index is 13.7. The summed E-state index contributed by atoms with van der Waals surface area (Å²) < 4.78 is 13.7. The van der Waals surface area contributed by atoms with E-state index < -0.39 is 0 Å². The minimum atomic E-state index is -0.321. The van der Waals surface area contributed by atoms with Crippen molar-refractivity contribution < 1.29 is 4.39 Å². The number of hydrogen-bond donors (Lipinski definition) is 0. The summed E-state index contributed by atoms with van der Waals surface area (Å²) in [4.78, 5) is 9.52. The van der Waals surface area contributed by atoms with Gasteiger partial charge >= 0.3 is 0 Å². The van der Waals surface area contributed by atoms with E-state index in [0.29, 0.717) is 34.1 Å². The van der Waals surface area contributed by atoms with E-state index in [2.05, 4.69) is 63.0 Å². The highest BCUT2D eigenvalue weighted by Crippen LogP contribution is 2.44. The second kappa shape index (κ2) is 9.36. The molecule has 2 aromatic heterocycles. The van der Waals surface area contributed by atoms with Gasteiger partial charge < -0.3 is 0 Å². The molecule has 176 valence electrons. The van der Waals surface area contributed by atoms with Crippen molar-refractivity contribution in [3.8, 4) is 51.0 Å². The molecule has 0 amide bonds. The highest BCUT2D eigenvalue weighted by molar-refractivity contribution is 5.94. The van der Waals surface area contributed by atoms with Crippen LogP contribution >= 0.6 is 0 Å². The van der Waals surface area contributed by atoms with Gasteiger partial charge in [-0.15, -0.1) is 0 Å². The van der Waals surface area contributed by atoms with Crippen LogP contribution in [0.4, 0.5) is 4.39 Å². The Morgan fingerprint density at radius 1 is 0.806 bits per heavy atom. The van der Waals surface area contributed by atoms with E-state index in [9.17, 15) is 9.65 Å². The van der Waals surface area contributed by atoms with Gasteiger partial charge in [0.15, 0.2) is 0 Å². The Balaban J connectivity index is 1.85. The normalized spacial score (nSPS) is 11.1. The number of rotatable bonds is 4. The van der Waals surface area contributed by atoms with Crippen molar-refractivity contribution in [1.82, 2.24) is 9.97 Å². The smallest absolute Gasteiger partial charge is 0.123 e. The van der Waals surface area contributed by atoms with E-state index in [4.69, 9.17) is 4.98 Å². The van der Waals surface area contributed by atoms with Gasteiger partial charge in [-0.1, -0.05) is 50.2 Å². The predicted molar refractivity (Wildman–Crippen MR) is 143 cm³/mol. The zero-order chi connectivity index (χ0) is 25.4. The van der Waals surface area contributed by atoms with Crippen LogP contribution in [0.15, 0.2) is 79.0 Å². The predicted octanol–water partition coefficient (Wildman–Crippen LogP) is 8.33. The second-order valence-electron chi connectivity index (χ2n) is 9.46. The summed E-state index contributed by atoms with van der Waals surface area (Å²) in [6.45, 7) is 8.59. The molecule has 3 nitrogen and oxygen atoms in total. The van der Waals surface area contributed by atoms with Gasteiger partial charge in [-0.25, -0.2) is 9.37 Å². The molecule has 0 atom stereocenters. The van der Waals surface area contributed by atoms with Crippen LogP contribution in [0.1, 0.15) is 42.0 Å². The van der Waals surface area contributed by atoms with Crippen LogP contribution in [0.3, 0.4) is 0 Å². The minimum Gasteiger partial charge on any atom is -0.255 e. The summed E-state index contributed by atoms with van der Waals surface area (Å²) in [5.41, 5.74) is 10.6. The van der Waals surface area contributed by atoms with Gasteiger partial charge in [-0.05, 0) is 89.5 Å². The van der Waals surface area contributed by atoms with Crippen molar-refractivity contribution in [2.45, 2.75) is 33.6 Å². The Kier molecular flexibility index (Phi) is 6.08. The highest BCUT2D eigenvalue weighted by atomic mass is 19.1. The van der Waals surface area contributed by atoms with Gasteiger partial charge in [0, 0.05) is 17.3 Å². The van der Waals surface area contributed by atoms with Gasteiger partial charge in [-0.2, -0.15) is 5.26 Å². The SMILES string of the molecule is Cc1cc(-c2nc(-c3ccccn3)cc(-c3ccc(F)cc3)c2C#N)c2c(C)ccc(C(C)C)cc1-2. The third-order valence-corrected chi connectivity index (χ3v) is 6.69. The third-order valence-electron chi connectivity index (χ3n) is 6.69. The molecule has 0 saturated heterocycles. The summed E-state index contributed by atoms with van der Waals surface area (Å²) in [6.07, 6.45) is 1.73. The fourth-order valence-corrected chi connectivity index (χ4v) is 4.74. The molecular formula is C32H26FN3. The van der Waals surface area contributed by atoms with E-state index in [-0.39, 0.29) is 5.82 Å². The second-order valence-corrected chi connectivity index (χ2v) is 9.46. The van der Waals surface area contributed by atoms with Crippen molar-refractivity contribution in [3.05, 3.63) is 107 Å². The molecule has 0 spiro atoms. The van der Waals surface area contributed by atoms with E-state index in [1.165, 1.54) is 17.7 Å². The van der Waals surface area contributed by atoms with Crippen LogP contribution in [-0.2, 0) is 0 Å². The van der Waals surface area contributed by atoms with Crippen LogP contribution in [0.5, 0.6) is 0 Å². The van der Waals surface area contributed by atoms with Crippen LogP contribution in [0.25, 0.3) is 44.9 Å². The molecule has 36 heavy (non-hydrogen) atoms. The number of halogens is 1. The number of aromatic nitrogens is 2. The third kappa shape index (κ3) is 4.14. The maximum absolute atomic E-state index is 13.7. The van der Waals surface area contributed by atoms with Gasteiger partial charge in [0.1, 0.15) is 11.9 Å². The quantitative estimate of drug-likeness (QED) is 0.265. The molecule has 0 saturated carbocycles.